The molecule has 30 heavy (non-hydrogen) atoms. The van der Waals surface area contributed by atoms with Gasteiger partial charge in [0.15, 0.2) is 11.5 Å². The summed E-state index contributed by atoms with van der Waals surface area (Å²) < 4.78 is 36.0. The number of rotatable bonds is 8. The number of carbonyl (C=O) groups is 1. The minimum absolute atomic E-state index is 0.143. The number of benzene rings is 2. The third-order valence-electron chi connectivity index (χ3n) is 4.17. The SMILES string of the molecule is CCOc1cc(C2=NN(Cc3ccc(NS(C)(=O)=O)cc3)C(=O)SC2)ccc1OC. The molecule has 0 aliphatic carbocycles. The van der Waals surface area contributed by atoms with E-state index in [-0.39, 0.29) is 11.8 Å². The van der Waals surface area contributed by atoms with Gasteiger partial charge in [-0.25, -0.2) is 13.4 Å². The van der Waals surface area contributed by atoms with Crippen LogP contribution in [0.25, 0.3) is 0 Å². The maximum absolute atomic E-state index is 12.3. The zero-order chi connectivity index (χ0) is 21.7. The molecular formula is C20H23N3O5S2. The Balaban J connectivity index is 1.80. The molecular weight excluding hydrogens is 426 g/mol. The summed E-state index contributed by atoms with van der Waals surface area (Å²) in [5.74, 6) is 1.73. The van der Waals surface area contributed by atoms with Gasteiger partial charge in [0.1, 0.15) is 0 Å². The molecule has 2 aromatic carbocycles. The van der Waals surface area contributed by atoms with Crippen molar-refractivity contribution in [2.45, 2.75) is 13.5 Å². The number of hydrazone groups is 1. The molecule has 0 saturated carbocycles. The van der Waals surface area contributed by atoms with Crippen LogP contribution in [0.1, 0.15) is 18.1 Å². The Labute approximate surface area is 180 Å². The first-order valence-corrected chi connectivity index (χ1v) is 12.1. The van der Waals surface area contributed by atoms with Crippen LogP contribution >= 0.6 is 11.8 Å². The van der Waals surface area contributed by atoms with E-state index >= 15 is 0 Å². The molecule has 0 atom stereocenters. The van der Waals surface area contributed by atoms with Crippen LogP contribution in [0.15, 0.2) is 47.6 Å². The highest BCUT2D eigenvalue weighted by Gasteiger charge is 2.23. The van der Waals surface area contributed by atoms with Gasteiger partial charge in [-0.1, -0.05) is 23.9 Å². The van der Waals surface area contributed by atoms with Crippen molar-refractivity contribution in [1.82, 2.24) is 5.01 Å². The summed E-state index contributed by atoms with van der Waals surface area (Å²) in [7, 11) is -1.75. The molecule has 0 saturated heterocycles. The molecule has 2 aromatic rings. The van der Waals surface area contributed by atoms with Crippen LogP contribution in [0.3, 0.4) is 0 Å². The molecule has 0 unspecified atom stereocenters. The highest BCUT2D eigenvalue weighted by molar-refractivity contribution is 8.14. The Kier molecular flexibility index (Phi) is 6.88. The van der Waals surface area contributed by atoms with Gasteiger partial charge >= 0.3 is 5.24 Å². The predicted molar refractivity (Wildman–Crippen MR) is 119 cm³/mol. The van der Waals surface area contributed by atoms with E-state index in [0.29, 0.717) is 29.5 Å². The van der Waals surface area contributed by atoms with Gasteiger partial charge in [-0.15, -0.1) is 0 Å². The Hall–Kier alpha value is -2.72. The number of anilines is 1. The van der Waals surface area contributed by atoms with E-state index in [4.69, 9.17) is 9.47 Å². The third kappa shape index (κ3) is 5.67. The summed E-state index contributed by atoms with van der Waals surface area (Å²) in [4.78, 5) is 12.3. The standard InChI is InChI=1S/C20H23N3O5S2/c1-4-28-19-11-15(7-10-18(19)27-2)17-13-29-20(24)23(21-17)12-14-5-8-16(9-6-14)22-30(3,25)26/h5-11,22H,4,12-13H2,1-3H3. The number of nitrogens with zero attached hydrogens (tertiary/aromatic N) is 2. The Morgan fingerprint density at radius 3 is 2.53 bits per heavy atom. The number of hydrogen-bond acceptors (Lipinski definition) is 7. The molecule has 0 radical (unpaired) electrons. The van der Waals surface area contributed by atoms with Gasteiger partial charge in [0.05, 0.1) is 32.2 Å². The number of thioether (sulfide) groups is 1. The lowest BCUT2D eigenvalue weighted by Crippen LogP contribution is -2.29. The molecule has 160 valence electrons. The smallest absolute Gasteiger partial charge is 0.302 e. The van der Waals surface area contributed by atoms with Crippen molar-refractivity contribution < 1.29 is 22.7 Å². The van der Waals surface area contributed by atoms with Gasteiger partial charge in [0.2, 0.25) is 10.0 Å². The largest absolute Gasteiger partial charge is 0.493 e. The van der Waals surface area contributed by atoms with E-state index in [1.54, 1.807) is 31.4 Å². The van der Waals surface area contributed by atoms with Crippen molar-refractivity contribution >= 4 is 38.4 Å². The lowest BCUT2D eigenvalue weighted by Gasteiger charge is -2.23. The first-order valence-electron chi connectivity index (χ1n) is 9.18. The van der Waals surface area contributed by atoms with Gasteiger partial charge in [0.25, 0.3) is 0 Å². The molecule has 3 rings (SSSR count). The summed E-state index contributed by atoms with van der Waals surface area (Å²) in [5, 5.41) is 5.81. The second kappa shape index (κ2) is 9.40. The number of nitrogens with one attached hydrogen (secondary N) is 1. The van der Waals surface area contributed by atoms with Crippen molar-refractivity contribution in [3.05, 3.63) is 53.6 Å². The zero-order valence-corrected chi connectivity index (χ0v) is 18.5. The summed E-state index contributed by atoms with van der Waals surface area (Å²) in [6, 6.07) is 12.4. The average molecular weight is 450 g/mol. The minimum atomic E-state index is -3.34. The summed E-state index contributed by atoms with van der Waals surface area (Å²) in [6.45, 7) is 2.69. The summed E-state index contributed by atoms with van der Waals surface area (Å²) in [5.41, 5.74) is 2.92. The Bertz CT molecular complexity index is 1050. The lowest BCUT2D eigenvalue weighted by molar-refractivity contribution is 0.222. The molecule has 0 aromatic heterocycles. The number of sulfonamides is 1. The predicted octanol–water partition coefficient (Wildman–Crippen LogP) is 3.54. The fourth-order valence-corrected chi connectivity index (χ4v) is 4.15. The van der Waals surface area contributed by atoms with Crippen LogP contribution in [-0.2, 0) is 16.6 Å². The van der Waals surface area contributed by atoms with E-state index in [9.17, 15) is 13.2 Å². The van der Waals surface area contributed by atoms with Crippen molar-refractivity contribution in [3.63, 3.8) is 0 Å². The average Bonchev–Trinajstić information content (AvgIpc) is 2.70. The normalized spacial score (nSPS) is 14.3. The lowest BCUT2D eigenvalue weighted by atomic mass is 10.1. The number of methoxy groups -OCH3 is 1. The van der Waals surface area contributed by atoms with Crippen LogP contribution < -0.4 is 14.2 Å². The molecule has 1 N–H and O–H groups in total. The molecule has 1 heterocycles. The molecule has 1 aliphatic heterocycles. The second-order valence-corrected chi connectivity index (χ2v) is 9.20. The van der Waals surface area contributed by atoms with Crippen LogP contribution in [0.5, 0.6) is 11.5 Å². The maximum Gasteiger partial charge on any atom is 0.302 e. The first-order chi connectivity index (χ1) is 14.3. The maximum atomic E-state index is 12.3. The van der Waals surface area contributed by atoms with Gasteiger partial charge < -0.3 is 9.47 Å². The van der Waals surface area contributed by atoms with Crippen molar-refractivity contribution in [2.75, 3.05) is 30.4 Å². The van der Waals surface area contributed by atoms with Crippen LogP contribution in [-0.4, -0.2) is 50.1 Å². The molecule has 0 fully saturated rings. The second-order valence-electron chi connectivity index (χ2n) is 6.53. The number of amides is 1. The van der Waals surface area contributed by atoms with Crippen molar-refractivity contribution in [1.29, 1.82) is 0 Å². The van der Waals surface area contributed by atoms with Gasteiger partial charge in [0, 0.05) is 17.0 Å². The van der Waals surface area contributed by atoms with E-state index in [2.05, 4.69) is 9.82 Å². The topological polar surface area (TPSA) is 97.3 Å². The van der Waals surface area contributed by atoms with E-state index in [1.807, 2.05) is 25.1 Å². The Morgan fingerprint density at radius 1 is 1.17 bits per heavy atom. The van der Waals surface area contributed by atoms with Gasteiger partial charge in [-0.3, -0.25) is 9.52 Å². The zero-order valence-electron chi connectivity index (χ0n) is 16.9. The highest BCUT2D eigenvalue weighted by Crippen LogP contribution is 2.30. The number of ether oxygens (including phenoxy) is 2. The van der Waals surface area contributed by atoms with E-state index < -0.39 is 10.0 Å². The molecule has 0 spiro atoms. The minimum Gasteiger partial charge on any atom is -0.493 e. The number of hydrogen-bond donors (Lipinski definition) is 1. The highest BCUT2D eigenvalue weighted by atomic mass is 32.2. The van der Waals surface area contributed by atoms with Crippen molar-refractivity contribution in [3.8, 4) is 11.5 Å². The number of carbonyl (C=O) groups excluding carboxylic acids is 1. The summed E-state index contributed by atoms with van der Waals surface area (Å²) in [6.07, 6.45) is 1.09. The van der Waals surface area contributed by atoms with Crippen LogP contribution in [0.4, 0.5) is 10.5 Å². The van der Waals surface area contributed by atoms with Gasteiger partial charge in [-0.2, -0.15) is 5.10 Å². The molecule has 1 amide bonds. The quantitative estimate of drug-likeness (QED) is 0.662. The molecule has 10 heteroatoms. The monoisotopic (exact) mass is 449 g/mol. The van der Waals surface area contributed by atoms with Gasteiger partial charge in [-0.05, 0) is 42.8 Å². The third-order valence-corrected chi connectivity index (χ3v) is 5.65. The van der Waals surface area contributed by atoms with E-state index in [1.165, 1.54) is 16.8 Å². The fraction of sp³-hybridized carbons (Fsp3) is 0.300. The van der Waals surface area contributed by atoms with Crippen molar-refractivity contribution in [2.24, 2.45) is 5.10 Å². The molecule has 1 aliphatic rings. The van der Waals surface area contributed by atoms with Crippen LogP contribution in [0.2, 0.25) is 0 Å². The Morgan fingerprint density at radius 2 is 1.90 bits per heavy atom. The summed E-state index contributed by atoms with van der Waals surface area (Å²) >= 11 is 1.18. The molecule has 0 bridgehead atoms. The van der Waals surface area contributed by atoms with Crippen LogP contribution in [0, 0.1) is 0 Å². The molecule has 8 nitrogen and oxygen atoms in total. The fourth-order valence-electron chi connectivity index (χ4n) is 2.85. The van der Waals surface area contributed by atoms with E-state index in [0.717, 1.165) is 23.1 Å². The first kappa shape index (κ1) is 22.0.